The number of alkyl halides is 2. The summed E-state index contributed by atoms with van der Waals surface area (Å²) in [6.07, 6.45) is -3.07. The average molecular weight is 582 g/mol. The van der Waals surface area contributed by atoms with Crippen LogP contribution in [0.1, 0.15) is 45.2 Å². The van der Waals surface area contributed by atoms with Crippen molar-refractivity contribution in [2.75, 3.05) is 12.6 Å². The number of ether oxygens (including phenoxy) is 1. The first-order chi connectivity index (χ1) is 18.7. The Labute approximate surface area is 233 Å². The zero-order chi connectivity index (χ0) is 29.3. The van der Waals surface area contributed by atoms with Gasteiger partial charge in [0.05, 0.1) is 23.3 Å². The van der Waals surface area contributed by atoms with Crippen molar-refractivity contribution < 1.29 is 40.4 Å². The maximum atomic E-state index is 15.9. The van der Waals surface area contributed by atoms with E-state index in [9.17, 15) is 17.6 Å². The van der Waals surface area contributed by atoms with Crippen molar-refractivity contribution in [2.45, 2.75) is 76.6 Å². The molecule has 2 saturated heterocycles. The molecule has 0 unspecified atom stereocenters. The molecule has 0 saturated carbocycles. The van der Waals surface area contributed by atoms with Crippen LogP contribution < -0.4 is 10.2 Å². The molecule has 2 aromatic carbocycles. The Balaban J connectivity index is 1.64. The highest BCUT2D eigenvalue weighted by atomic mass is 32.2. The number of piperidine rings is 1. The van der Waals surface area contributed by atoms with Crippen molar-refractivity contribution in [3.8, 4) is 0 Å². The lowest BCUT2D eigenvalue weighted by Gasteiger charge is -2.42. The lowest BCUT2D eigenvalue weighted by molar-refractivity contribution is 0.00578. The third kappa shape index (κ3) is 6.48. The molecular weight excluding hydrogens is 548 g/mol. The highest BCUT2D eigenvalue weighted by molar-refractivity contribution is 7.89. The van der Waals surface area contributed by atoms with Crippen molar-refractivity contribution in [1.29, 1.82) is 0 Å². The number of nitrogens with one attached hydrogen (secondary N) is 1. The van der Waals surface area contributed by atoms with Crippen LogP contribution in [0.3, 0.4) is 0 Å². The van der Waals surface area contributed by atoms with Gasteiger partial charge in [-0.3, -0.25) is 0 Å². The second-order valence-corrected chi connectivity index (χ2v) is 12.8. The molecule has 2 aliphatic heterocycles. The Morgan fingerprint density at radius 2 is 1.75 bits per heavy atom. The summed E-state index contributed by atoms with van der Waals surface area (Å²) in [5.74, 6) is -0.688. The molecule has 0 spiro atoms. The number of carbonyl (C=O) groups is 1. The molecule has 1 N–H and O–H groups in total. The van der Waals surface area contributed by atoms with Gasteiger partial charge in [0.2, 0.25) is 16.0 Å². The number of likely N-dealkylation sites (tertiary alicyclic amines) is 1. The van der Waals surface area contributed by atoms with Gasteiger partial charge in [-0.05, 0) is 51.7 Å². The molecule has 8 nitrogen and oxygen atoms in total. The minimum atomic E-state index is -4.51. The van der Waals surface area contributed by atoms with Gasteiger partial charge in [0.1, 0.15) is 18.6 Å². The van der Waals surface area contributed by atoms with Crippen LogP contribution in [0.25, 0.3) is 0 Å². The number of rotatable bonds is 8. The molecule has 218 valence electrons. The van der Waals surface area contributed by atoms with Gasteiger partial charge in [0.25, 0.3) is 0 Å². The minimum Gasteiger partial charge on any atom is -0.445 e. The van der Waals surface area contributed by atoms with Crippen molar-refractivity contribution in [1.82, 2.24) is 9.62 Å². The molecule has 40 heavy (non-hydrogen) atoms. The zero-order valence-electron chi connectivity index (χ0n) is 22.9. The fourth-order valence-corrected chi connectivity index (χ4v) is 5.62. The van der Waals surface area contributed by atoms with E-state index in [1.54, 1.807) is 36.4 Å². The number of carbonyl (C=O) groups excluding carboxylic acids is 1. The van der Waals surface area contributed by atoms with E-state index in [2.05, 4.69) is 0 Å². The van der Waals surface area contributed by atoms with E-state index in [4.69, 9.17) is 14.0 Å². The van der Waals surface area contributed by atoms with Crippen LogP contribution >= 0.6 is 0 Å². The zero-order valence-corrected chi connectivity index (χ0v) is 23.7. The number of nitrogens with zero attached hydrogens (tertiary/aromatic N) is 1. The monoisotopic (exact) mass is 582 g/mol. The lowest BCUT2D eigenvalue weighted by Crippen LogP contribution is -2.62. The fraction of sp³-hybridized carbons (Fsp3) is 0.519. The van der Waals surface area contributed by atoms with Crippen LogP contribution in [0, 0.1) is 5.82 Å². The normalized spacial score (nSPS) is 24.2. The summed E-state index contributed by atoms with van der Waals surface area (Å²) in [4.78, 5) is 14.3. The molecule has 2 aromatic rings. The van der Waals surface area contributed by atoms with E-state index in [1.807, 2.05) is 32.4 Å². The Morgan fingerprint density at radius 3 is 2.38 bits per heavy atom. The second kappa shape index (κ2) is 11.7. The van der Waals surface area contributed by atoms with Crippen LogP contribution in [0.4, 0.5) is 18.0 Å². The number of halogens is 3. The van der Waals surface area contributed by atoms with Crippen LogP contribution in [0.2, 0.25) is 0 Å². The molecule has 0 aliphatic carbocycles. The standard InChI is InChI=1S/C27H34BF3N2O6S/c1-26(2)27(3,4)39-28(38-26)20-12-8-11-19(23(20)31)15-22-24(32-40(35,36)17-29)21(30)13-14-33(22)25(34)37-16-18-9-6-5-7-10-18/h5-12,21-22,24,32H,13-17H2,1-4H3/t21-,22-,24-/m0/s1. The van der Waals surface area contributed by atoms with Crippen molar-refractivity contribution >= 4 is 28.7 Å². The van der Waals surface area contributed by atoms with Crippen molar-refractivity contribution in [3.63, 3.8) is 0 Å². The molecule has 1 amide bonds. The van der Waals surface area contributed by atoms with E-state index in [0.717, 1.165) is 0 Å². The van der Waals surface area contributed by atoms with Gasteiger partial charge in [-0.15, -0.1) is 0 Å². The van der Waals surface area contributed by atoms with Crippen molar-refractivity contribution in [2.24, 2.45) is 0 Å². The lowest BCUT2D eigenvalue weighted by atomic mass is 9.77. The van der Waals surface area contributed by atoms with Gasteiger partial charge < -0.3 is 18.9 Å². The maximum Gasteiger partial charge on any atom is 0.497 e. The Morgan fingerprint density at radius 1 is 1.10 bits per heavy atom. The number of benzene rings is 2. The Bertz CT molecular complexity index is 1300. The molecule has 2 heterocycles. The van der Waals surface area contributed by atoms with E-state index < -0.39 is 64.5 Å². The fourth-order valence-electron chi connectivity index (χ4n) is 4.83. The predicted molar refractivity (Wildman–Crippen MR) is 144 cm³/mol. The number of amides is 1. The van der Waals surface area contributed by atoms with Crippen LogP contribution in [0.15, 0.2) is 48.5 Å². The average Bonchev–Trinajstić information content (AvgIpc) is 3.12. The smallest absolute Gasteiger partial charge is 0.445 e. The molecule has 0 aromatic heterocycles. The van der Waals surface area contributed by atoms with Gasteiger partial charge in [-0.25, -0.2) is 31.1 Å². The van der Waals surface area contributed by atoms with Crippen LogP contribution in [-0.2, 0) is 37.1 Å². The first-order valence-corrected chi connectivity index (χ1v) is 14.7. The predicted octanol–water partition coefficient (Wildman–Crippen LogP) is 3.63. The summed E-state index contributed by atoms with van der Waals surface area (Å²) < 4.78 is 88.0. The van der Waals surface area contributed by atoms with Crippen molar-refractivity contribution in [3.05, 3.63) is 65.5 Å². The first-order valence-electron chi connectivity index (χ1n) is 13.0. The molecule has 0 bridgehead atoms. The topological polar surface area (TPSA) is 94.2 Å². The van der Waals surface area contributed by atoms with Gasteiger partial charge in [0.15, 0.2) is 0 Å². The van der Waals surface area contributed by atoms with Crippen LogP contribution in [-0.4, -0.2) is 68.5 Å². The first kappa shape index (κ1) is 30.4. The highest BCUT2D eigenvalue weighted by Gasteiger charge is 2.52. The molecule has 2 fully saturated rings. The number of hydrogen-bond acceptors (Lipinski definition) is 6. The van der Waals surface area contributed by atoms with Crippen LogP contribution in [0.5, 0.6) is 0 Å². The van der Waals surface area contributed by atoms with E-state index >= 15 is 8.78 Å². The summed E-state index contributed by atoms with van der Waals surface area (Å²) >= 11 is 0. The van der Waals surface area contributed by atoms with E-state index in [1.165, 1.54) is 17.0 Å². The minimum absolute atomic E-state index is 0.0748. The van der Waals surface area contributed by atoms with Gasteiger partial charge >= 0.3 is 13.2 Å². The summed E-state index contributed by atoms with van der Waals surface area (Å²) in [7, 11) is -5.52. The largest absolute Gasteiger partial charge is 0.497 e. The third-order valence-electron chi connectivity index (χ3n) is 7.79. The quantitative estimate of drug-likeness (QED) is 0.478. The SMILES string of the molecule is CC1(C)OB(c2cccc(C[C@H]3[C@@H](NS(=O)(=O)CF)[C@@H](F)CCN3C(=O)OCc3ccccc3)c2F)OC1(C)C. The third-order valence-corrected chi connectivity index (χ3v) is 8.71. The van der Waals surface area contributed by atoms with E-state index in [-0.39, 0.29) is 37.0 Å². The molecule has 2 aliphatic rings. The molecule has 13 heteroatoms. The summed E-state index contributed by atoms with van der Waals surface area (Å²) in [5, 5.41) is 0. The van der Waals surface area contributed by atoms with Gasteiger partial charge in [-0.2, -0.15) is 0 Å². The number of hydrogen-bond donors (Lipinski definition) is 1. The Kier molecular flexibility index (Phi) is 8.89. The Hall–Kier alpha value is -2.61. The molecule has 3 atom stereocenters. The highest BCUT2D eigenvalue weighted by Crippen LogP contribution is 2.37. The maximum absolute atomic E-state index is 15.9. The van der Waals surface area contributed by atoms with E-state index in [0.29, 0.717) is 5.56 Å². The summed E-state index contributed by atoms with van der Waals surface area (Å²) in [6.45, 7) is 7.15. The van der Waals surface area contributed by atoms with Gasteiger partial charge in [0, 0.05) is 12.0 Å². The summed E-state index contributed by atoms with van der Waals surface area (Å²) in [6, 6.07) is 8.91. The second-order valence-electron chi connectivity index (χ2n) is 11.1. The van der Waals surface area contributed by atoms with Gasteiger partial charge in [-0.1, -0.05) is 48.5 Å². The molecule has 4 rings (SSSR count). The summed E-state index contributed by atoms with van der Waals surface area (Å²) in [5.41, 5.74) is -0.539. The number of sulfonamides is 1. The molecular formula is C27H34BF3N2O6S. The molecule has 0 radical (unpaired) electrons.